The summed E-state index contributed by atoms with van der Waals surface area (Å²) >= 11 is 0. The summed E-state index contributed by atoms with van der Waals surface area (Å²) in [5.74, 6) is 1.27. The average molecular weight is 432 g/mol. The van der Waals surface area contributed by atoms with E-state index in [0.29, 0.717) is 18.2 Å². The van der Waals surface area contributed by atoms with E-state index < -0.39 is 6.10 Å². The Kier molecular flexibility index (Phi) is 6.56. The van der Waals surface area contributed by atoms with Crippen molar-refractivity contribution in [1.82, 2.24) is 9.97 Å². The summed E-state index contributed by atoms with van der Waals surface area (Å²) < 4.78 is 0. The van der Waals surface area contributed by atoms with Crippen LogP contribution in [0.4, 0.5) is 5.82 Å². The van der Waals surface area contributed by atoms with Crippen LogP contribution in [0.25, 0.3) is 16.3 Å². The number of amides is 1. The average Bonchev–Trinajstić information content (AvgIpc) is 3.66. The first-order valence-electron chi connectivity index (χ1n) is 11.7. The lowest BCUT2D eigenvalue weighted by Gasteiger charge is -2.15. The molecule has 2 aliphatic rings. The highest BCUT2D eigenvalue weighted by molar-refractivity contribution is 5.96. The van der Waals surface area contributed by atoms with Gasteiger partial charge in [0.05, 0.1) is 17.5 Å². The second-order valence-corrected chi connectivity index (χ2v) is 9.13. The first-order valence-corrected chi connectivity index (χ1v) is 11.7. The molecule has 2 heterocycles. The molecule has 168 valence electrons. The third-order valence-electron chi connectivity index (χ3n) is 6.29. The summed E-state index contributed by atoms with van der Waals surface area (Å²) in [6.45, 7) is 10.2. The fourth-order valence-electron chi connectivity index (χ4n) is 4.11. The Morgan fingerprint density at radius 1 is 1.31 bits per heavy atom. The van der Waals surface area contributed by atoms with Crippen LogP contribution in [0.1, 0.15) is 76.6 Å². The summed E-state index contributed by atoms with van der Waals surface area (Å²) in [5, 5.41) is 15.3. The first-order chi connectivity index (χ1) is 15.4. The molecule has 1 atom stereocenters. The molecule has 0 aromatic carbocycles. The van der Waals surface area contributed by atoms with E-state index in [2.05, 4.69) is 35.9 Å². The molecule has 1 amide bonds. The summed E-state index contributed by atoms with van der Waals surface area (Å²) in [5.41, 5.74) is 4.78. The Morgan fingerprint density at radius 3 is 2.69 bits per heavy atom. The zero-order valence-electron chi connectivity index (χ0n) is 19.3. The molecule has 5 nitrogen and oxygen atoms in total. The molecule has 0 spiro atoms. The molecule has 2 N–H and O–H groups in total. The van der Waals surface area contributed by atoms with Crippen LogP contribution in [-0.4, -0.2) is 27.1 Å². The van der Waals surface area contributed by atoms with E-state index in [1.54, 1.807) is 0 Å². The molecule has 32 heavy (non-hydrogen) atoms. The molecule has 0 radical (unpaired) electrons. The SMILES string of the molecule is C=C(/C=C(C)\C(=C/C)c1cc2cnc(NC(=O)C3CC3)cc2c(C2CC2)n1)C(O)CCC. The number of hydrogen-bond acceptors (Lipinski definition) is 4. The Morgan fingerprint density at radius 2 is 2.06 bits per heavy atom. The highest BCUT2D eigenvalue weighted by Crippen LogP contribution is 2.43. The monoisotopic (exact) mass is 431 g/mol. The van der Waals surface area contributed by atoms with Gasteiger partial charge in [0.15, 0.2) is 0 Å². The number of carbonyl (C=O) groups excluding carboxylic acids is 1. The number of anilines is 1. The van der Waals surface area contributed by atoms with Gasteiger partial charge in [-0.25, -0.2) is 4.98 Å². The molecule has 1 unspecified atom stereocenters. The number of hydrogen-bond donors (Lipinski definition) is 2. The number of pyridine rings is 2. The minimum atomic E-state index is -0.520. The van der Waals surface area contributed by atoms with Crippen molar-refractivity contribution in [3.05, 3.63) is 59.6 Å². The maximum absolute atomic E-state index is 12.2. The second kappa shape index (κ2) is 9.37. The predicted molar refractivity (Wildman–Crippen MR) is 130 cm³/mol. The van der Waals surface area contributed by atoms with Crippen molar-refractivity contribution in [2.45, 2.75) is 71.3 Å². The lowest BCUT2D eigenvalue weighted by Crippen LogP contribution is -2.14. The van der Waals surface area contributed by atoms with Crippen LogP contribution in [0.2, 0.25) is 0 Å². The topological polar surface area (TPSA) is 75.1 Å². The fraction of sp³-hybridized carbons (Fsp3) is 0.444. The van der Waals surface area contributed by atoms with E-state index in [1.807, 2.05) is 32.2 Å². The zero-order chi connectivity index (χ0) is 22.8. The number of allylic oxidation sites excluding steroid dienone is 3. The van der Waals surface area contributed by atoms with Crippen molar-refractivity contribution in [2.24, 2.45) is 5.92 Å². The Bertz CT molecular complexity index is 1110. The highest BCUT2D eigenvalue weighted by atomic mass is 16.3. The smallest absolute Gasteiger partial charge is 0.228 e. The Labute approximate surface area is 190 Å². The minimum absolute atomic E-state index is 0.0665. The van der Waals surface area contributed by atoms with Gasteiger partial charge in [0.2, 0.25) is 5.91 Å². The molecule has 0 aliphatic heterocycles. The van der Waals surface area contributed by atoms with E-state index in [0.717, 1.165) is 71.0 Å². The van der Waals surface area contributed by atoms with Gasteiger partial charge in [-0.1, -0.05) is 32.1 Å². The van der Waals surface area contributed by atoms with E-state index in [1.165, 1.54) is 0 Å². The fourth-order valence-corrected chi connectivity index (χ4v) is 4.11. The normalized spacial score (nSPS) is 18.0. The number of aliphatic hydroxyl groups excluding tert-OH is 1. The number of carbonyl (C=O) groups is 1. The maximum atomic E-state index is 12.2. The largest absolute Gasteiger partial charge is 0.388 e. The van der Waals surface area contributed by atoms with Gasteiger partial charge >= 0.3 is 0 Å². The summed E-state index contributed by atoms with van der Waals surface area (Å²) in [4.78, 5) is 21.7. The zero-order valence-corrected chi connectivity index (χ0v) is 19.3. The standard InChI is InChI=1S/C27H33N3O2/c1-5-7-24(31)17(4)12-16(3)21(6-2)23-13-20-15-28-25(30-27(32)19-10-11-19)14-22(20)26(29-23)18-8-9-18/h6,12-15,18-19,24,31H,4-5,7-11H2,1-3H3,(H,28,30,32)/b16-12-,21-6+. The van der Waals surface area contributed by atoms with Crippen molar-refractivity contribution in [2.75, 3.05) is 5.32 Å². The van der Waals surface area contributed by atoms with Crippen LogP contribution in [-0.2, 0) is 4.79 Å². The van der Waals surface area contributed by atoms with Crippen molar-refractivity contribution in [3.8, 4) is 0 Å². The molecular formula is C27H33N3O2. The molecule has 0 saturated heterocycles. The lowest BCUT2D eigenvalue weighted by molar-refractivity contribution is -0.117. The molecular weight excluding hydrogens is 398 g/mol. The third-order valence-corrected chi connectivity index (χ3v) is 6.29. The Hall–Kier alpha value is -2.79. The number of nitrogens with one attached hydrogen (secondary N) is 1. The van der Waals surface area contributed by atoms with Crippen LogP contribution in [0.3, 0.4) is 0 Å². The lowest BCUT2D eigenvalue weighted by atomic mass is 9.96. The van der Waals surface area contributed by atoms with Crippen molar-refractivity contribution < 1.29 is 9.90 Å². The van der Waals surface area contributed by atoms with Crippen LogP contribution in [0.15, 0.2) is 48.2 Å². The molecule has 2 aliphatic carbocycles. The first kappa shape index (κ1) is 22.4. The van der Waals surface area contributed by atoms with Gasteiger partial charge in [0.25, 0.3) is 0 Å². The number of aromatic nitrogens is 2. The summed E-state index contributed by atoms with van der Waals surface area (Å²) in [6, 6.07) is 4.04. The van der Waals surface area contributed by atoms with Gasteiger partial charge in [0, 0.05) is 28.8 Å². The molecule has 0 bridgehead atoms. The third kappa shape index (κ3) is 4.99. The van der Waals surface area contributed by atoms with Gasteiger partial charge in [-0.3, -0.25) is 9.78 Å². The predicted octanol–water partition coefficient (Wildman–Crippen LogP) is 5.92. The van der Waals surface area contributed by atoms with Crippen LogP contribution < -0.4 is 5.32 Å². The van der Waals surface area contributed by atoms with Crippen molar-refractivity contribution >= 4 is 28.1 Å². The second-order valence-electron chi connectivity index (χ2n) is 9.13. The number of fused-ring (bicyclic) bond motifs is 1. The molecule has 2 aromatic rings. The molecule has 2 aromatic heterocycles. The van der Waals surface area contributed by atoms with Gasteiger partial charge in [-0.15, -0.1) is 0 Å². The van der Waals surface area contributed by atoms with E-state index in [-0.39, 0.29) is 11.8 Å². The maximum Gasteiger partial charge on any atom is 0.228 e. The number of nitrogens with zero attached hydrogens (tertiary/aromatic N) is 2. The summed E-state index contributed by atoms with van der Waals surface area (Å²) in [6.07, 6.45) is 11.2. The molecule has 2 fully saturated rings. The van der Waals surface area contributed by atoms with Gasteiger partial charge in [-0.05, 0) is 74.8 Å². The van der Waals surface area contributed by atoms with Crippen LogP contribution in [0, 0.1) is 5.92 Å². The van der Waals surface area contributed by atoms with E-state index >= 15 is 0 Å². The number of aliphatic hydroxyl groups is 1. The highest BCUT2D eigenvalue weighted by Gasteiger charge is 2.31. The van der Waals surface area contributed by atoms with Gasteiger partial charge < -0.3 is 10.4 Å². The minimum Gasteiger partial charge on any atom is -0.388 e. The van der Waals surface area contributed by atoms with Crippen LogP contribution in [0.5, 0.6) is 0 Å². The Balaban J connectivity index is 1.67. The van der Waals surface area contributed by atoms with E-state index in [4.69, 9.17) is 4.98 Å². The van der Waals surface area contributed by atoms with Gasteiger partial charge in [-0.2, -0.15) is 0 Å². The van der Waals surface area contributed by atoms with E-state index in [9.17, 15) is 9.90 Å². The molecule has 5 heteroatoms. The quantitative estimate of drug-likeness (QED) is 0.483. The van der Waals surface area contributed by atoms with Crippen LogP contribution >= 0.6 is 0 Å². The summed E-state index contributed by atoms with van der Waals surface area (Å²) in [7, 11) is 0. The molecule has 2 saturated carbocycles. The number of rotatable bonds is 9. The van der Waals surface area contributed by atoms with Crippen molar-refractivity contribution in [1.29, 1.82) is 0 Å². The molecule has 4 rings (SSSR count). The van der Waals surface area contributed by atoms with Gasteiger partial charge in [0.1, 0.15) is 5.82 Å². The van der Waals surface area contributed by atoms with Crippen molar-refractivity contribution in [3.63, 3.8) is 0 Å².